The lowest BCUT2D eigenvalue weighted by atomic mass is 9.78. The van der Waals surface area contributed by atoms with Crippen LogP contribution in [0.25, 0.3) is 0 Å². The van der Waals surface area contributed by atoms with Gasteiger partial charge in [-0.3, -0.25) is 0 Å². The van der Waals surface area contributed by atoms with Crippen LogP contribution < -0.4 is 15.2 Å². The molecule has 3 aromatic rings. The molecule has 0 aliphatic heterocycles. The minimum atomic E-state index is -0.0157. The first-order chi connectivity index (χ1) is 14.3. The Labute approximate surface area is 173 Å². The van der Waals surface area contributed by atoms with Crippen molar-refractivity contribution in [3.63, 3.8) is 0 Å². The Morgan fingerprint density at radius 2 is 1.28 bits per heavy atom. The molecule has 0 unspecified atom stereocenters. The number of hydrogen-bond donors (Lipinski definition) is 1. The average Bonchev–Trinajstić information content (AvgIpc) is 3.28. The molecule has 0 radical (unpaired) electrons. The molecule has 3 heteroatoms. The topological polar surface area (TPSA) is 44.5 Å². The second-order valence-electron chi connectivity index (χ2n) is 7.87. The molecule has 1 aliphatic carbocycles. The predicted octanol–water partition coefficient (Wildman–Crippen LogP) is 5.62. The predicted molar refractivity (Wildman–Crippen MR) is 117 cm³/mol. The lowest BCUT2D eigenvalue weighted by Crippen LogP contribution is -2.32. The van der Waals surface area contributed by atoms with Gasteiger partial charge in [-0.15, -0.1) is 0 Å². The molecule has 0 spiro atoms. The van der Waals surface area contributed by atoms with Gasteiger partial charge in [0.25, 0.3) is 0 Å². The first-order valence-corrected chi connectivity index (χ1v) is 10.5. The van der Waals surface area contributed by atoms with Crippen molar-refractivity contribution in [1.82, 2.24) is 0 Å². The second kappa shape index (κ2) is 9.15. The number of benzene rings is 3. The first-order valence-electron chi connectivity index (χ1n) is 10.5. The van der Waals surface area contributed by atoms with Crippen molar-refractivity contribution >= 4 is 0 Å². The van der Waals surface area contributed by atoms with Crippen molar-refractivity contribution in [2.75, 3.05) is 6.54 Å². The summed E-state index contributed by atoms with van der Waals surface area (Å²) in [6.45, 7) is 1.67. The van der Waals surface area contributed by atoms with Gasteiger partial charge in [0.1, 0.15) is 13.2 Å². The quantitative estimate of drug-likeness (QED) is 0.546. The summed E-state index contributed by atoms with van der Waals surface area (Å²) in [4.78, 5) is 0. The fraction of sp³-hybridized carbons (Fsp3) is 0.308. The van der Waals surface area contributed by atoms with Crippen LogP contribution in [0.4, 0.5) is 0 Å². The van der Waals surface area contributed by atoms with Crippen LogP contribution in [0.2, 0.25) is 0 Å². The van der Waals surface area contributed by atoms with Crippen molar-refractivity contribution in [3.05, 3.63) is 95.6 Å². The van der Waals surface area contributed by atoms with Crippen LogP contribution in [0.5, 0.6) is 11.5 Å². The molecular weight excluding hydrogens is 358 g/mol. The summed E-state index contributed by atoms with van der Waals surface area (Å²) in [6, 6.07) is 26.7. The molecule has 1 saturated carbocycles. The second-order valence-corrected chi connectivity index (χ2v) is 7.87. The monoisotopic (exact) mass is 387 g/mol. The van der Waals surface area contributed by atoms with Crippen LogP contribution in [-0.4, -0.2) is 6.54 Å². The van der Waals surface area contributed by atoms with Crippen LogP contribution in [-0.2, 0) is 18.6 Å². The molecule has 0 saturated heterocycles. The van der Waals surface area contributed by atoms with Gasteiger partial charge in [-0.2, -0.15) is 0 Å². The highest BCUT2D eigenvalue weighted by Gasteiger charge is 2.37. The van der Waals surface area contributed by atoms with E-state index in [9.17, 15) is 0 Å². The lowest BCUT2D eigenvalue weighted by Gasteiger charge is -2.30. The maximum atomic E-state index is 6.40. The zero-order valence-corrected chi connectivity index (χ0v) is 16.8. The number of nitrogens with two attached hydrogens (primary N) is 1. The Balaban J connectivity index is 1.64. The number of rotatable bonds is 8. The summed E-state index contributed by atoms with van der Waals surface area (Å²) >= 11 is 0. The Morgan fingerprint density at radius 3 is 1.86 bits per heavy atom. The van der Waals surface area contributed by atoms with Gasteiger partial charge in [0.2, 0.25) is 0 Å². The van der Waals surface area contributed by atoms with E-state index in [1.807, 2.05) is 42.5 Å². The molecule has 4 rings (SSSR count). The third-order valence-electron chi connectivity index (χ3n) is 5.96. The highest BCUT2D eigenvalue weighted by Crippen LogP contribution is 2.47. The van der Waals surface area contributed by atoms with Crippen LogP contribution in [0.1, 0.15) is 42.4 Å². The van der Waals surface area contributed by atoms with Gasteiger partial charge < -0.3 is 15.2 Å². The van der Waals surface area contributed by atoms with Crippen molar-refractivity contribution in [1.29, 1.82) is 0 Å². The zero-order chi connectivity index (χ0) is 19.9. The maximum absolute atomic E-state index is 6.40. The normalized spacial score (nSPS) is 15.2. The Morgan fingerprint density at radius 1 is 0.690 bits per heavy atom. The molecule has 2 N–H and O–H groups in total. The SMILES string of the molecule is NCC1(c2cccc(OCc3ccccc3)c2OCc2ccccc2)CCCC1. The minimum Gasteiger partial charge on any atom is -0.485 e. The molecule has 0 amide bonds. The minimum absolute atomic E-state index is 0.0157. The van der Waals surface area contributed by atoms with E-state index in [-0.39, 0.29) is 5.41 Å². The molecule has 1 aliphatic rings. The van der Waals surface area contributed by atoms with Gasteiger partial charge in [-0.05, 0) is 30.0 Å². The van der Waals surface area contributed by atoms with Gasteiger partial charge in [0.05, 0.1) is 0 Å². The standard InChI is InChI=1S/C26H29NO2/c27-20-26(16-7-8-17-26)23-14-9-15-24(28-18-21-10-3-1-4-11-21)25(23)29-19-22-12-5-2-6-13-22/h1-6,9-15H,7-8,16-20,27H2. The van der Waals surface area contributed by atoms with E-state index in [1.165, 1.54) is 18.4 Å². The highest BCUT2D eigenvalue weighted by molar-refractivity contribution is 5.51. The summed E-state index contributed by atoms with van der Waals surface area (Å²) in [7, 11) is 0. The van der Waals surface area contributed by atoms with E-state index in [0.29, 0.717) is 19.8 Å². The van der Waals surface area contributed by atoms with Crippen molar-refractivity contribution < 1.29 is 9.47 Å². The molecule has 0 aromatic heterocycles. The van der Waals surface area contributed by atoms with Gasteiger partial charge in [0, 0.05) is 17.5 Å². The lowest BCUT2D eigenvalue weighted by molar-refractivity contribution is 0.248. The summed E-state index contributed by atoms with van der Waals surface area (Å²) in [5.74, 6) is 1.64. The third-order valence-corrected chi connectivity index (χ3v) is 5.96. The van der Waals surface area contributed by atoms with E-state index in [1.54, 1.807) is 0 Å². The first kappa shape index (κ1) is 19.5. The molecule has 0 heterocycles. The molecular formula is C26H29NO2. The van der Waals surface area contributed by atoms with Gasteiger partial charge in [0.15, 0.2) is 11.5 Å². The zero-order valence-electron chi connectivity index (χ0n) is 16.8. The van der Waals surface area contributed by atoms with E-state index in [4.69, 9.17) is 15.2 Å². The smallest absolute Gasteiger partial charge is 0.165 e. The Kier molecular flexibility index (Phi) is 6.16. The fourth-order valence-electron chi connectivity index (χ4n) is 4.30. The van der Waals surface area contributed by atoms with Crippen LogP contribution in [0.15, 0.2) is 78.9 Å². The average molecular weight is 388 g/mol. The van der Waals surface area contributed by atoms with Gasteiger partial charge >= 0.3 is 0 Å². The summed E-state index contributed by atoms with van der Waals surface area (Å²) < 4.78 is 12.6. The van der Waals surface area contributed by atoms with E-state index in [2.05, 4.69) is 36.4 Å². The summed E-state index contributed by atoms with van der Waals surface area (Å²) in [5.41, 5.74) is 9.76. The van der Waals surface area contributed by atoms with Gasteiger partial charge in [-0.25, -0.2) is 0 Å². The van der Waals surface area contributed by atoms with Crippen molar-refractivity contribution in [3.8, 4) is 11.5 Å². The molecule has 1 fully saturated rings. The molecule has 3 aromatic carbocycles. The number of para-hydroxylation sites is 1. The van der Waals surface area contributed by atoms with E-state index < -0.39 is 0 Å². The van der Waals surface area contributed by atoms with Crippen LogP contribution >= 0.6 is 0 Å². The summed E-state index contributed by atoms with van der Waals surface area (Å²) in [5, 5.41) is 0. The third kappa shape index (κ3) is 4.46. The summed E-state index contributed by atoms with van der Waals surface area (Å²) in [6.07, 6.45) is 4.63. The largest absolute Gasteiger partial charge is 0.485 e. The highest BCUT2D eigenvalue weighted by atomic mass is 16.5. The maximum Gasteiger partial charge on any atom is 0.165 e. The van der Waals surface area contributed by atoms with Crippen molar-refractivity contribution in [2.45, 2.75) is 44.3 Å². The van der Waals surface area contributed by atoms with Crippen molar-refractivity contribution in [2.24, 2.45) is 5.73 Å². The molecule has 29 heavy (non-hydrogen) atoms. The number of hydrogen-bond acceptors (Lipinski definition) is 3. The van der Waals surface area contributed by atoms with Gasteiger partial charge in [-0.1, -0.05) is 85.6 Å². The molecule has 150 valence electrons. The molecule has 0 atom stereocenters. The Hall–Kier alpha value is -2.78. The molecule has 0 bridgehead atoms. The molecule has 3 nitrogen and oxygen atoms in total. The van der Waals surface area contributed by atoms with E-state index >= 15 is 0 Å². The fourth-order valence-corrected chi connectivity index (χ4v) is 4.30. The number of ether oxygens (including phenoxy) is 2. The Bertz CT molecular complexity index is 903. The van der Waals surface area contributed by atoms with Crippen LogP contribution in [0.3, 0.4) is 0 Å². The van der Waals surface area contributed by atoms with Crippen LogP contribution in [0, 0.1) is 0 Å². The van der Waals surface area contributed by atoms with E-state index in [0.717, 1.165) is 35.5 Å².